The van der Waals surface area contributed by atoms with Gasteiger partial charge in [-0.3, -0.25) is 4.79 Å². The van der Waals surface area contributed by atoms with Gasteiger partial charge in [0.2, 0.25) is 0 Å². The van der Waals surface area contributed by atoms with Gasteiger partial charge in [-0.2, -0.15) is 0 Å². The molecular weight excluding hydrogens is 209 g/mol. The number of halogens is 2. The van der Waals surface area contributed by atoms with E-state index < -0.39 is 11.4 Å². The Morgan fingerprint density at radius 1 is 1.36 bits per heavy atom. The topological polar surface area (TPSA) is 42.2 Å². The highest BCUT2D eigenvalue weighted by atomic mass is 35.5. The molecule has 0 amide bonds. The Balaban J connectivity index is 3.02. The monoisotopic (exact) mass is 213 g/mol. The summed E-state index contributed by atoms with van der Waals surface area (Å²) < 4.78 is 13.3. The van der Waals surface area contributed by atoms with E-state index in [0.717, 1.165) is 18.2 Å². The standard InChI is InChI=1S/C9H5ClFNO2/c10-7-4-9(13)12(14)8-2-1-5(11)3-6(7)8/h1-4,14H. The van der Waals surface area contributed by atoms with Gasteiger partial charge in [-0.15, -0.1) is 4.73 Å². The molecule has 1 aromatic heterocycles. The average molecular weight is 214 g/mol. The molecule has 72 valence electrons. The molecule has 14 heavy (non-hydrogen) atoms. The van der Waals surface area contributed by atoms with Crippen molar-refractivity contribution in [3.05, 3.63) is 45.5 Å². The van der Waals surface area contributed by atoms with Crippen LogP contribution in [0.25, 0.3) is 10.9 Å². The molecule has 0 aliphatic heterocycles. The van der Waals surface area contributed by atoms with Crippen molar-refractivity contribution in [3.8, 4) is 0 Å². The number of hydrogen-bond acceptors (Lipinski definition) is 2. The second-order valence-corrected chi connectivity index (χ2v) is 3.21. The summed E-state index contributed by atoms with van der Waals surface area (Å²) in [5, 5.41) is 9.72. The van der Waals surface area contributed by atoms with Crippen LogP contribution in [0.1, 0.15) is 0 Å². The van der Waals surface area contributed by atoms with E-state index in [9.17, 15) is 14.4 Å². The number of nitrogens with zero attached hydrogens (tertiary/aromatic N) is 1. The van der Waals surface area contributed by atoms with Crippen molar-refractivity contribution in [1.82, 2.24) is 4.73 Å². The predicted molar refractivity (Wildman–Crippen MR) is 50.4 cm³/mol. The Morgan fingerprint density at radius 2 is 2.07 bits per heavy atom. The van der Waals surface area contributed by atoms with Gasteiger partial charge >= 0.3 is 0 Å². The molecule has 1 heterocycles. The molecule has 0 saturated carbocycles. The van der Waals surface area contributed by atoms with E-state index in [4.69, 9.17) is 11.6 Å². The molecule has 0 unspecified atom stereocenters. The molecule has 0 atom stereocenters. The number of hydrogen-bond donors (Lipinski definition) is 1. The third-order valence-electron chi connectivity index (χ3n) is 1.90. The first kappa shape index (κ1) is 9.02. The molecular formula is C9H5ClFNO2. The zero-order valence-corrected chi connectivity index (χ0v) is 7.62. The molecule has 3 nitrogen and oxygen atoms in total. The Labute approximate surface area is 82.9 Å². The second kappa shape index (κ2) is 2.99. The van der Waals surface area contributed by atoms with Gasteiger partial charge in [0.15, 0.2) is 0 Å². The van der Waals surface area contributed by atoms with Crippen LogP contribution in [0, 0.1) is 5.82 Å². The first-order valence-electron chi connectivity index (χ1n) is 3.79. The van der Waals surface area contributed by atoms with Crippen molar-refractivity contribution >= 4 is 22.5 Å². The fraction of sp³-hybridized carbons (Fsp3) is 0. The first-order chi connectivity index (χ1) is 6.59. The molecule has 2 aromatic rings. The Morgan fingerprint density at radius 3 is 2.79 bits per heavy atom. The van der Waals surface area contributed by atoms with Gasteiger partial charge in [0.05, 0.1) is 10.5 Å². The smallest absolute Gasteiger partial charge is 0.284 e. The number of benzene rings is 1. The fourth-order valence-electron chi connectivity index (χ4n) is 1.25. The molecule has 2 rings (SSSR count). The van der Waals surface area contributed by atoms with Crippen LogP contribution in [-0.2, 0) is 0 Å². The van der Waals surface area contributed by atoms with Gasteiger partial charge < -0.3 is 5.21 Å². The molecule has 0 bridgehead atoms. The first-order valence-corrected chi connectivity index (χ1v) is 4.17. The average Bonchev–Trinajstić information content (AvgIpc) is 2.14. The number of fused-ring (bicyclic) bond motifs is 1. The van der Waals surface area contributed by atoms with Gasteiger partial charge in [-0.1, -0.05) is 11.6 Å². The van der Waals surface area contributed by atoms with E-state index in [1.807, 2.05) is 0 Å². The Kier molecular flexibility index (Phi) is 1.93. The minimum Gasteiger partial charge on any atom is -0.425 e. The molecule has 0 fully saturated rings. The third-order valence-corrected chi connectivity index (χ3v) is 2.22. The molecule has 0 aliphatic carbocycles. The summed E-state index contributed by atoms with van der Waals surface area (Å²) in [5.74, 6) is -0.474. The van der Waals surface area contributed by atoms with Crippen molar-refractivity contribution < 1.29 is 9.60 Å². The Bertz CT molecular complexity index is 564. The molecule has 0 aliphatic rings. The van der Waals surface area contributed by atoms with Crippen LogP contribution in [0.4, 0.5) is 4.39 Å². The number of aromatic nitrogens is 1. The maximum atomic E-state index is 12.8. The summed E-state index contributed by atoms with van der Waals surface area (Å²) in [5.41, 5.74) is -0.460. The van der Waals surface area contributed by atoms with Crippen LogP contribution in [0.3, 0.4) is 0 Å². The summed E-state index contributed by atoms with van der Waals surface area (Å²) in [6, 6.07) is 4.62. The lowest BCUT2D eigenvalue weighted by atomic mass is 10.2. The molecule has 5 heteroatoms. The SMILES string of the molecule is O=c1cc(Cl)c2cc(F)ccc2n1O. The summed E-state index contributed by atoms with van der Waals surface area (Å²) in [6.07, 6.45) is 0. The van der Waals surface area contributed by atoms with E-state index >= 15 is 0 Å². The minimum absolute atomic E-state index is 0.120. The van der Waals surface area contributed by atoms with Crippen molar-refractivity contribution in [1.29, 1.82) is 0 Å². The van der Waals surface area contributed by atoms with Crippen LogP contribution < -0.4 is 5.56 Å². The summed E-state index contributed by atoms with van der Waals surface area (Å²) >= 11 is 5.72. The van der Waals surface area contributed by atoms with Crippen LogP contribution >= 0.6 is 11.6 Å². The maximum Gasteiger partial charge on any atom is 0.284 e. The quantitative estimate of drug-likeness (QED) is 0.681. The molecule has 1 aromatic carbocycles. The zero-order chi connectivity index (χ0) is 10.3. The van der Waals surface area contributed by atoms with E-state index in [1.54, 1.807) is 0 Å². The van der Waals surface area contributed by atoms with Crippen LogP contribution in [0.15, 0.2) is 29.1 Å². The van der Waals surface area contributed by atoms with Crippen LogP contribution in [0.5, 0.6) is 0 Å². The van der Waals surface area contributed by atoms with Crippen molar-refractivity contribution in [2.75, 3.05) is 0 Å². The molecule has 0 saturated heterocycles. The second-order valence-electron chi connectivity index (χ2n) is 2.80. The van der Waals surface area contributed by atoms with E-state index in [2.05, 4.69) is 0 Å². The molecule has 0 spiro atoms. The maximum absolute atomic E-state index is 12.8. The fourth-order valence-corrected chi connectivity index (χ4v) is 1.49. The van der Waals surface area contributed by atoms with E-state index in [-0.39, 0.29) is 10.5 Å². The van der Waals surface area contributed by atoms with Gasteiger partial charge in [-0.05, 0) is 18.2 Å². The lowest BCUT2D eigenvalue weighted by Crippen LogP contribution is -2.16. The summed E-state index contributed by atoms with van der Waals surface area (Å²) in [6.45, 7) is 0. The van der Waals surface area contributed by atoms with Gasteiger partial charge in [-0.25, -0.2) is 4.39 Å². The van der Waals surface area contributed by atoms with Crippen molar-refractivity contribution in [3.63, 3.8) is 0 Å². The van der Waals surface area contributed by atoms with Crippen LogP contribution in [0.2, 0.25) is 5.02 Å². The van der Waals surface area contributed by atoms with E-state index in [1.165, 1.54) is 6.07 Å². The largest absolute Gasteiger partial charge is 0.425 e. The third kappa shape index (κ3) is 1.24. The highest BCUT2D eigenvalue weighted by Crippen LogP contribution is 2.21. The van der Waals surface area contributed by atoms with E-state index in [0.29, 0.717) is 10.1 Å². The van der Waals surface area contributed by atoms with Crippen molar-refractivity contribution in [2.45, 2.75) is 0 Å². The summed E-state index contributed by atoms with van der Waals surface area (Å²) in [7, 11) is 0. The zero-order valence-electron chi connectivity index (χ0n) is 6.87. The highest BCUT2D eigenvalue weighted by molar-refractivity contribution is 6.35. The highest BCUT2D eigenvalue weighted by Gasteiger charge is 2.06. The lowest BCUT2D eigenvalue weighted by Gasteiger charge is -2.03. The van der Waals surface area contributed by atoms with Crippen molar-refractivity contribution in [2.24, 2.45) is 0 Å². The minimum atomic E-state index is -0.644. The molecule has 1 N–H and O–H groups in total. The number of rotatable bonds is 0. The predicted octanol–water partition coefficient (Wildman–Crippen LogP) is 2.03. The summed E-state index contributed by atoms with van der Waals surface area (Å²) in [4.78, 5) is 11.1. The lowest BCUT2D eigenvalue weighted by molar-refractivity contribution is 0.188. The van der Waals surface area contributed by atoms with Gasteiger partial charge in [0.1, 0.15) is 5.82 Å². The van der Waals surface area contributed by atoms with Crippen LogP contribution in [-0.4, -0.2) is 9.94 Å². The Hall–Kier alpha value is -1.55. The normalized spacial score (nSPS) is 10.7. The van der Waals surface area contributed by atoms with Gasteiger partial charge in [0, 0.05) is 11.5 Å². The van der Waals surface area contributed by atoms with Gasteiger partial charge in [0.25, 0.3) is 5.56 Å². The number of pyridine rings is 1. The molecule has 0 radical (unpaired) electrons.